The topological polar surface area (TPSA) is 50.2 Å². The van der Waals surface area contributed by atoms with Crippen LogP contribution < -0.4 is 10.2 Å². The Labute approximate surface area is 183 Å². The van der Waals surface area contributed by atoms with Gasteiger partial charge in [-0.2, -0.15) is 18.3 Å². The number of nitrogens with zero attached hydrogens (tertiary/aromatic N) is 3. The van der Waals surface area contributed by atoms with Gasteiger partial charge >= 0.3 is 6.18 Å². The molecule has 0 aliphatic heterocycles. The Morgan fingerprint density at radius 2 is 1.74 bits per heavy atom. The van der Waals surface area contributed by atoms with Gasteiger partial charge in [0, 0.05) is 29.0 Å². The Balaban J connectivity index is 1.89. The lowest BCUT2D eigenvalue weighted by atomic mass is 10.2. The number of hydrogen-bond acceptors (Lipinski definition) is 3. The second kappa shape index (κ2) is 9.01. The number of halogens is 4. The van der Waals surface area contributed by atoms with E-state index in [4.69, 9.17) is 11.6 Å². The standard InChI is InChI=1S/C22H22ClF3N4O/c1-4-29(14(2)3)17-11-7-16(8-12-17)28-21(31)19-13-27-30(20(19)22(24,25)26)18-9-5-15(23)6-10-18/h5-14H,4H2,1-3H3,(H,28,31). The van der Waals surface area contributed by atoms with E-state index >= 15 is 0 Å². The summed E-state index contributed by atoms with van der Waals surface area (Å²) in [5, 5.41) is 6.70. The van der Waals surface area contributed by atoms with Crippen molar-refractivity contribution in [2.45, 2.75) is 33.0 Å². The molecule has 9 heteroatoms. The van der Waals surface area contributed by atoms with Crippen molar-refractivity contribution < 1.29 is 18.0 Å². The quantitative estimate of drug-likeness (QED) is 0.498. The molecule has 0 aliphatic carbocycles. The van der Waals surface area contributed by atoms with Crippen LogP contribution in [0.25, 0.3) is 5.69 Å². The molecule has 1 N–H and O–H groups in total. The maximum Gasteiger partial charge on any atom is 0.434 e. The Hall–Kier alpha value is -3.00. The van der Waals surface area contributed by atoms with Gasteiger partial charge in [0.05, 0.1) is 17.4 Å². The number of rotatable bonds is 6. The molecule has 164 valence electrons. The zero-order valence-electron chi connectivity index (χ0n) is 17.2. The van der Waals surface area contributed by atoms with Gasteiger partial charge in [-0.3, -0.25) is 4.79 Å². The minimum absolute atomic E-state index is 0.147. The van der Waals surface area contributed by atoms with Crippen molar-refractivity contribution >= 4 is 28.9 Å². The van der Waals surface area contributed by atoms with Crippen molar-refractivity contribution in [3.8, 4) is 5.69 Å². The molecule has 31 heavy (non-hydrogen) atoms. The summed E-state index contributed by atoms with van der Waals surface area (Å²) < 4.78 is 42.1. The molecule has 1 aromatic heterocycles. The van der Waals surface area contributed by atoms with Crippen LogP contribution in [-0.4, -0.2) is 28.3 Å². The molecule has 2 aromatic carbocycles. The van der Waals surface area contributed by atoms with Gasteiger partial charge < -0.3 is 10.2 Å². The molecule has 0 radical (unpaired) electrons. The first-order valence-electron chi connectivity index (χ1n) is 9.71. The van der Waals surface area contributed by atoms with Crippen LogP contribution in [0.5, 0.6) is 0 Å². The van der Waals surface area contributed by atoms with E-state index in [1.165, 1.54) is 24.3 Å². The summed E-state index contributed by atoms with van der Waals surface area (Å²) in [6.07, 6.45) is -3.87. The van der Waals surface area contributed by atoms with Gasteiger partial charge in [-0.15, -0.1) is 0 Å². The summed E-state index contributed by atoms with van der Waals surface area (Å²) in [6.45, 7) is 6.97. The van der Waals surface area contributed by atoms with Crippen molar-refractivity contribution in [3.05, 3.63) is 71.0 Å². The molecular formula is C22H22ClF3N4O. The Morgan fingerprint density at radius 1 is 1.13 bits per heavy atom. The fraction of sp³-hybridized carbons (Fsp3) is 0.273. The summed E-state index contributed by atoms with van der Waals surface area (Å²) in [5.41, 5.74) is -0.221. The van der Waals surface area contributed by atoms with Gasteiger partial charge in [-0.05, 0) is 69.3 Å². The average molecular weight is 451 g/mol. The SMILES string of the molecule is CCN(c1ccc(NC(=O)c2cnn(-c3ccc(Cl)cc3)c2C(F)(F)F)cc1)C(C)C. The lowest BCUT2D eigenvalue weighted by Gasteiger charge is -2.27. The van der Waals surface area contributed by atoms with E-state index in [2.05, 4.69) is 29.2 Å². The van der Waals surface area contributed by atoms with Crippen LogP contribution in [0.3, 0.4) is 0 Å². The van der Waals surface area contributed by atoms with E-state index in [0.717, 1.165) is 18.4 Å². The molecule has 0 fully saturated rings. The highest BCUT2D eigenvalue weighted by Crippen LogP contribution is 2.34. The van der Waals surface area contributed by atoms with Gasteiger partial charge in [-0.25, -0.2) is 4.68 Å². The normalized spacial score (nSPS) is 11.6. The van der Waals surface area contributed by atoms with Gasteiger partial charge in [-0.1, -0.05) is 11.6 Å². The Morgan fingerprint density at radius 3 is 2.26 bits per heavy atom. The fourth-order valence-corrected chi connectivity index (χ4v) is 3.47. The van der Waals surface area contributed by atoms with Crippen LogP contribution in [0.4, 0.5) is 24.5 Å². The van der Waals surface area contributed by atoms with E-state index in [9.17, 15) is 18.0 Å². The third-order valence-corrected chi connectivity index (χ3v) is 5.03. The molecule has 0 spiro atoms. The van der Waals surface area contributed by atoms with E-state index in [0.29, 0.717) is 21.4 Å². The molecule has 1 heterocycles. The first-order chi connectivity index (χ1) is 14.6. The van der Waals surface area contributed by atoms with Crippen LogP contribution in [-0.2, 0) is 6.18 Å². The number of benzene rings is 2. The molecule has 0 atom stereocenters. The van der Waals surface area contributed by atoms with E-state index in [1.54, 1.807) is 12.1 Å². The highest BCUT2D eigenvalue weighted by Gasteiger charge is 2.40. The number of hydrogen-bond donors (Lipinski definition) is 1. The fourth-order valence-electron chi connectivity index (χ4n) is 3.35. The van der Waals surface area contributed by atoms with Gasteiger partial charge in [0.25, 0.3) is 5.91 Å². The number of carbonyl (C=O) groups is 1. The lowest BCUT2D eigenvalue weighted by Crippen LogP contribution is -2.30. The van der Waals surface area contributed by atoms with Crippen molar-refractivity contribution in [3.63, 3.8) is 0 Å². The summed E-state index contributed by atoms with van der Waals surface area (Å²) in [5.74, 6) is -0.892. The minimum Gasteiger partial charge on any atom is -0.369 e. The summed E-state index contributed by atoms with van der Waals surface area (Å²) in [4.78, 5) is 14.8. The van der Waals surface area contributed by atoms with E-state index in [-0.39, 0.29) is 5.69 Å². The zero-order valence-corrected chi connectivity index (χ0v) is 18.0. The number of anilines is 2. The van der Waals surface area contributed by atoms with Gasteiger partial charge in [0.15, 0.2) is 5.69 Å². The predicted octanol–water partition coefficient (Wildman–Crippen LogP) is 6.03. The molecule has 5 nitrogen and oxygen atoms in total. The van der Waals surface area contributed by atoms with Crippen molar-refractivity contribution in [2.24, 2.45) is 0 Å². The molecule has 0 bridgehead atoms. The largest absolute Gasteiger partial charge is 0.434 e. The number of carbonyl (C=O) groups excluding carboxylic acids is 1. The summed E-state index contributed by atoms with van der Waals surface area (Å²) in [6, 6.07) is 13.0. The van der Waals surface area contributed by atoms with Crippen LogP contribution in [0, 0.1) is 0 Å². The molecule has 3 aromatic rings. The highest BCUT2D eigenvalue weighted by molar-refractivity contribution is 6.30. The van der Waals surface area contributed by atoms with Gasteiger partial charge in [0.2, 0.25) is 0 Å². The zero-order chi connectivity index (χ0) is 22.8. The number of alkyl halides is 3. The molecule has 1 amide bonds. The third-order valence-electron chi connectivity index (χ3n) is 4.77. The monoisotopic (exact) mass is 450 g/mol. The Kier molecular flexibility index (Phi) is 6.59. The number of amides is 1. The number of nitrogens with one attached hydrogen (secondary N) is 1. The first-order valence-corrected chi connectivity index (χ1v) is 10.1. The number of aromatic nitrogens is 2. The smallest absolute Gasteiger partial charge is 0.369 e. The summed E-state index contributed by atoms with van der Waals surface area (Å²) in [7, 11) is 0. The average Bonchev–Trinajstić information content (AvgIpc) is 3.16. The minimum atomic E-state index is -4.79. The van der Waals surface area contributed by atoms with Crippen LogP contribution >= 0.6 is 11.6 Å². The maximum absolute atomic E-state index is 13.8. The van der Waals surface area contributed by atoms with Crippen LogP contribution in [0.2, 0.25) is 5.02 Å². The molecule has 0 saturated carbocycles. The molecule has 0 saturated heterocycles. The van der Waals surface area contributed by atoms with Crippen molar-refractivity contribution in [1.82, 2.24) is 9.78 Å². The molecule has 0 unspecified atom stereocenters. The predicted molar refractivity (Wildman–Crippen MR) is 116 cm³/mol. The van der Waals surface area contributed by atoms with Gasteiger partial charge in [0.1, 0.15) is 0 Å². The van der Waals surface area contributed by atoms with Crippen molar-refractivity contribution in [2.75, 3.05) is 16.8 Å². The highest BCUT2D eigenvalue weighted by atomic mass is 35.5. The third kappa shape index (κ3) is 5.02. The van der Waals surface area contributed by atoms with Crippen LogP contribution in [0.15, 0.2) is 54.7 Å². The second-order valence-electron chi connectivity index (χ2n) is 7.17. The molecular weight excluding hydrogens is 429 g/mol. The molecule has 0 aliphatic rings. The van der Waals surface area contributed by atoms with Crippen molar-refractivity contribution in [1.29, 1.82) is 0 Å². The Bertz CT molecular complexity index is 1040. The summed E-state index contributed by atoms with van der Waals surface area (Å²) >= 11 is 5.81. The van der Waals surface area contributed by atoms with Crippen LogP contribution in [0.1, 0.15) is 36.8 Å². The molecule has 3 rings (SSSR count). The van der Waals surface area contributed by atoms with E-state index < -0.39 is 23.3 Å². The lowest BCUT2D eigenvalue weighted by molar-refractivity contribution is -0.143. The first kappa shape index (κ1) is 22.7. The maximum atomic E-state index is 13.8. The second-order valence-corrected chi connectivity index (χ2v) is 7.61. The van der Waals surface area contributed by atoms with E-state index in [1.807, 2.05) is 19.1 Å².